The molecule has 1 nitrogen and oxygen atoms in total. The highest BCUT2D eigenvalue weighted by molar-refractivity contribution is 7.22. The Morgan fingerprint density at radius 1 is 1.60 bits per heavy atom. The van der Waals surface area contributed by atoms with E-state index in [2.05, 4.69) is 0 Å². The molecule has 0 spiro atoms. The fourth-order valence-electron chi connectivity index (χ4n) is 0.204. The first-order chi connectivity index (χ1) is 2.41. The van der Waals surface area contributed by atoms with Crippen LogP contribution in [0.4, 0.5) is 0 Å². The van der Waals surface area contributed by atoms with Gasteiger partial charge in [0.1, 0.15) is 19.8 Å². The molecule has 0 bridgehead atoms. The fourth-order valence-corrected chi connectivity index (χ4v) is 16.5. The van der Waals surface area contributed by atoms with Crippen molar-refractivity contribution in [2.45, 2.75) is 0 Å². The van der Waals surface area contributed by atoms with Gasteiger partial charge in [0.25, 0.3) is 0 Å². The predicted molar refractivity (Wildman–Crippen MR) is 38.1 cm³/mol. The van der Waals surface area contributed by atoms with Crippen LogP contribution in [0.15, 0.2) is 0 Å². The van der Waals surface area contributed by atoms with Crippen LogP contribution in [0.2, 0.25) is 0 Å². The van der Waals surface area contributed by atoms with Crippen LogP contribution in [0.5, 0.6) is 0 Å². The maximum atomic E-state index is 5.07. The van der Waals surface area contributed by atoms with Gasteiger partial charge in [0, 0.05) is 8.55 Å². The van der Waals surface area contributed by atoms with Crippen molar-refractivity contribution in [3.8, 4) is 0 Å². The maximum absolute atomic E-state index is 5.07. The van der Waals surface area contributed by atoms with Crippen molar-refractivity contribution in [3.63, 3.8) is 0 Å². The highest BCUT2D eigenvalue weighted by atomic mass is 29.5. The summed E-state index contributed by atoms with van der Waals surface area (Å²) in [5, 5.41) is 0. The molecule has 0 saturated heterocycles. The van der Waals surface area contributed by atoms with E-state index in [4.69, 9.17) is 4.12 Å². The van der Waals surface area contributed by atoms with E-state index in [1.165, 1.54) is 9.76 Å². The highest BCUT2D eigenvalue weighted by Crippen LogP contribution is 1.44. The van der Waals surface area contributed by atoms with Gasteiger partial charge in [-0.25, -0.2) is 0 Å². The lowest BCUT2D eigenvalue weighted by atomic mass is 15.8. The molecule has 0 aliphatic heterocycles. The second-order valence-corrected chi connectivity index (χ2v) is 17.9. The fraction of sp³-hybridized carbons (Fsp3) is 0. The van der Waals surface area contributed by atoms with Crippen LogP contribution in [0.1, 0.15) is 0 Å². The van der Waals surface area contributed by atoms with E-state index in [-0.39, 0.29) is 9.28 Å². The largest absolute Gasteiger partial charge is 0.471 e. The van der Waals surface area contributed by atoms with E-state index < -0.39 is 0 Å². The van der Waals surface area contributed by atoms with Gasteiger partial charge in [-0.1, -0.05) is 0 Å². The normalized spacial score (nSPS) is 14.4. The summed E-state index contributed by atoms with van der Waals surface area (Å²) in [5.41, 5.74) is 0. The van der Waals surface area contributed by atoms with Gasteiger partial charge in [0.15, 0.2) is 0 Å². The maximum Gasteiger partial charge on any atom is 0.129 e. The average molecular weight is 138 g/mol. The van der Waals surface area contributed by atoms with Gasteiger partial charge in [0.05, 0.1) is 0 Å². The summed E-state index contributed by atoms with van der Waals surface area (Å²) in [6.07, 6.45) is 0. The molecule has 0 fully saturated rings. The first-order valence-electron chi connectivity index (χ1n) is 1.90. The zero-order valence-corrected chi connectivity index (χ0v) is 10.7. The van der Waals surface area contributed by atoms with Gasteiger partial charge in [-0.05, 0) is 9.76 Å². The Balaban J connectivity index is 2.19. The summed E-state index contributed by atoms with van der Waals surface area (Å²) in [4.78, 5) is 0. The third-order valence-electron chi connectivity index (χ3n) is 0.408. The second-order valence-electron chi connectivity index (χ2n) is 0.993. The van der Waals surface area contributed by atoms with Crippen LogP contribution in [0.25, 0.3) is 0 Å². The quantitative estimate of drug-likeness (QED) is 0.351. The summed E-state index contributed by atoms with van der Waals surface area (Å²) < 4.78 is 5.07. The summed E-state index contributed by atoms with van der Waals surface area (Å²) >= 11 is 0. The molecule has 0 aliphatic rings. The zero-order valence-electron chi connectivity index (χ0n) is 3.82. The smallest absolute Gasteiger partial charge is 0.129 e. The van der Waals surface area contributed by atoms with Crippen LogP contribution in [-0.2, 0) is 4.12 Å². The molecule has 0 heterocycles. The summed E-state index contributed by atoms with van der Waals surface area (Å²) in [6, 6.07) is 0. The highest BCUT2D eigenvalue weighted by Gasteiger charge is 1.70. The van der Waals surface area contributed by atoms with Crippen molar-refractivity contribution in [2.75, 3.05) is 0 Å². The van der Waals surface area contributed by atoms with Crippen molar-refractivity contribution in [3.05, 3.63) is 0 Å². The molecule has 0 amide bonds. The molecule has 0 unspecified atom stereocenters. The van der Waals surface area contributed by atoms with E-state index >= 15 is 0 Å². The van der Waals surface area contributed by atoms with Crippen molar-refractivity contribution in [1.29, 1.82) is 0 Å². The molecule has 0 N–H and O–H groups in total. The van der Waals surface area contributed by atoms with Gasteiger partial charge in [-0.3, -0.25) is 0 Å². The SMILES string of the molecule is [SiH3]O[SiH2][SiH2][SiH3]. The summed E-state index contributed by atoms with van der Waals surface area (Å²) in [6.45, 7) is 0. The monoisotopic (exact) mass is 138 g/mol. The van der Waals surface area contributed by atoms with Crippen molar-refractivity contribution < 1.29 is 4.12 Å². The topological polar surface area (TPSA) is 9.23 Å². The summed E-state index contributed by atoms with van der Waals surface area (Å²) in [5.74, 6) is 0. The van der Waals surface area contributed by atoms with E-state index in [1.807, 2.05) is 0 Å². The first kappa shape index (κ1) is 5.83. The van der Waals surface area contributed by atoms with Crippen LogP contribution in [0.3, 0.4) is 0 Å². The van der Waals surface area contributed by atoms with Gasteiger partial charge in [-0.2, -0.15) is 0 Å². The Kier molecular flexibility index (Phi) is 5.63. The van der Waals surface area contributed by atoms with Crippen molar-refractivity contribution in [1.82, 2.24) is 0 Å². The van der Waals surface area contributed by atoms with Crippen molar-refractivity contribution >= 4 is 38.1 Å². The molecular weight excluding hydrogens is 128 g/mol. The average Bonchev–Trinajstić information content (AvgIpc) is 1.41. The Bertz CT molecular complexity index is 11.1. The Morgan fingerprint density at radius 2 is 2.20 bits per heavy atom. The number of rotatable bonds is 2. The van der Waals surface area contributed by atoms with Crippen LogP contribution >= 0.6 is 0 Å². The summed E-state index contributed by atoms with van der Waals surface area (Å²) in [7, 11) is 3.21. The molecular formula is H10OSi4. The molecule has 0 saturated carbocycles. The Morgan fingerprint density at radius 3 is 2.20 bits per heavy atom. The van der Waals surface area contributed by atoms with E-state index in [0.717, 1.165) is 10.5 Å². The van der Waals surface area contributed by atoms with Crippen molar-refractivity contribution in [2.24, 2.45) is 0 Å². The zero-order chi connectivity index (χ0) is 4.12. The van der Waals surface area contributed by atoms with Crippen LogP contribution < -0.4 is 0 Å². The molecule has 5 heavy (non-hydrogen) atoms. The molecule has 5 heteroatoms. The second kappa shape index (κ2) is 4.83. The number of hydrogen-bond donors (Lipinski definition) is 0. The third kappa shape index (κ3) is 4.83. The van der Waals surface area contributed by atoms with E-state index in [1.54, 1.807) is 0 Å². The van der Waals surface area contributed by atoms with Gasteiger partial charge >= 0.3 is 0 Å². The number of hydrogen-bond acceptors (Lipinski definition) is 1. The first-order valence-corrected chi connectivity index (χ1v) is 13.0. The molecule has 0 aromatic heterocycles. The standard InChI is InChI=1S/H10OSi4/c2-1-4-5-3/h4-5H2,2-3H3. The van der Waals surface area contributed by atoms with E-state index in [9.17, 15) is 0 Å². The third-order valence-corrected chi connectivity index (χ3v) is 11.0. The van der Waals surface area contributed by atoms with Gasteiger partial charge in [0.2, 0.25) is 0 Å². The Labute approximate surface area is 42.8 Å². The van der Waals surface area contributed by atoms with Gasteiger partial charge < -0.3 is 4.12 Å². The molecule has 0 atom stereocenters. The Hall–Kier alpha value is 0.828. The van der Waals surface area contributed by atoms with Crippen LogP contribution in [-0.4, -0.2) is 38.1 Å². The minimum atomic E-state index is 0.194. The minimum absolute atomic E-state index is 0.194. The minimum Gasteiger partial charge on any atom is -0.471 e. The molecule has 0 rings (SSSR count). The lowest BCUT2D eigenvalue weighted by molar-refractivity contribution is 0.682. The molecule has 0 aromatic carbocycles. The van der Waals surface area contributed by atoms with Gasteiger partial charge in [-0.15, -0.1) is 0 Å². The predicted octanol–water partition coefficient (Wildman–Crippen LogP) is -4.27. The van der Waals surface area contributed by atoms with Crippen LogP contribution in [0, 0.1) is 0 Å². The lowest BCUT2D eigenvalue weighted by Gasteiger charge is -1.83. The molecule has 32 valence electrons. The molecule has 0 aromatic rings. The molecule has 0 aliphatic carbocycles. The lowest BCUT2D eigenvalue weighted by Crippen LogP contribution is -2.05. The molecule has 0 radical (unpaired) electrons. The van der Waals surface area contributed by atoms with E-state index in [0.29, 0.717) is 8.55 Å².